The molecule has 4 aliphatic rings. The lowest BCUT2D eigenvalue weighted by Gasteiger charge is -2.56. The monoisotopic (exact) mass is 704 g/mol. The SMILES string of the molecule is C=C(C)/C(C[C@H](NC(=O)[C@@H](CCN=C(N)N)N(C)C)C(=O)N[C@@H](Cc1cnc[nH]1)c1nc(CC23CC4CC(CC(C4)C2)C3)no1)=C(C)\C=C(/C)O. The highest BCUT2D eigenvalue weighted by Crippen LogP contribution is 2.60. The van der Waals surface area contributed by atoms with Crippen LogP contribution in [0.5, 0.6) is 0 Å². The number of hydrogen-bond donors (Lipinski definition) is 6. The molecule has 6 rings (SSSR count). The van der Waals surface area contributed by atoms with Crippen LogP contribution in [0, 0.1) is 23.2 Å². The molecule has 0 aliphatic heterocycles. The average Bonchev–Trinajstić information content (AvgIpc) is 3.71. The average molecular weight is 705 g/mol. The molecule has 3 atom stereocenters. The summed E-state index contributed by atoms with van der Waals surface area (Å²) in [6.07, 6.45) is 14.2. The zero-order valence-corrected chi connectivity index (χ0v) is 30.7. The topological polar surface area (TPSA) is 214 Å². The van der Waals surface area contributed by atoms with Crippen molar-refractivity contribution >= 4 is 17.8 Å². The van der Waals surface area contributed by atoms with E-state index in [1.165, 1.54) is 38.5 Å². The number of likely N-dealkylation sites (N-methyl/N-ethyl adjacent to an activating group) is 1. The first-order chi connectivity index (χ1) is 24.2. The standard InChI is InChI=1S/C37H56N10O4/c1-21(2)28(22(3)9-23(4)48)14-29(43-34(50)31(47(5)6)7-8-41-36(38)39)33(49)44-30(13-27-19-40-20-42-27)35-45-32(46-51-35)18-37-15-24-10-25(16-37)12-26(11-24)17-37/h9,19-20,24-26,29-31,48H,1,7-8,10-18H2,2-6H3,(H,40,42)(H,43,50)(H,44,49)(H4,38,39,41)/b23-9+,28-22-/t24?,25?,26?,29-,30-,31+,37?/m0/s1. The number of aliphatic imine (C=N–C) groups is 1. The zero-order chi connectivity index (χ0) is 36.9. The Bertz CT molecular complexity index is 1600. The number of imidazole rings is 1. The zero-order valence-electron chi connectivity index (χ0n) is 30.7. The number of aromatic nitrogens is 4. The van der Waals surface area contributed by atoms with Gasteiger partial charge in [-0.05, 0) is 120 Å². The van der Waals surface area contributed by atoms with Gasteiger partial charge in [0.2, 0.25) is 17.7 Å². The smallest absolute Gasteiger partial charge is 0.249 e. The molecule has 4 fully saturated rings. The Kier molecular flexibility index (Phi) is 12.0. The Morgan fingerprint density at radius 1 is 1.14 bits per heavy atom. The maximum Gasteiger partial charge on any atom is 0.249 e. The Labute approximate surface area is 300 Å². The quantitative estimate of drug-likeness (QED) is 0.0607. The summed E-state index contributed by atoms with van der Waals surface area (Å²) in [6, 6.07) is -2.33. The summed E-state index contributed by atoms with van der Waals surface area (Å²) in [5.41, 5.74) is 14.2. The molecule has 0 unspecified atom stereocenters. The van der Waals surface area contributed by atoms with Crippen LogP contribution in [0.25, 0.3) is 0 Å². The minimum Gasteiger partial charge on any atom is -0.513 e. The number of H-pyrrole nitrogens is 1. The van der Waals surface area contributed by atoms with Crippen LogP contribution < -0.4 is 22.1 Å². The van der Waals surface area contributed by atoms with Crippen molar-refractivity contribution in [2.75, 3.05) is 20.6 Å². The molecule has 0 radical (unpaired) electrons. The summed E-state index contributed by atoms with van der Waals surface area (Å²) < 4.78 is 5.89. The van der Waals surface area contributed by atoms with Crippen LogP contribution in [0.3, 0.4) is 0 Å². The van der Waals surface area contributed by atoms with Crippen molar-refractivity contribution in [1.82, 2.24) is 35.6 Å². The Hall–Kier alpha value is -4.46. The van der Waals surface area contributed by atoms with Crippen molar-refractivity contribution in [2.24, 2.45) is 39.6 Å². The molecular formula is C37H56N10O4. The highest BCUT2D eigenvalue weighted by atomic mass is 16.5. The Balaban J connectivity index is 1.40. The normalized spacial score (nSPS) is 24.8. The minimum atomic E-state index is -1.02. The highest BCUT2D eigenvalue weighted by molar-refractivity contribution is 5.90. The summed E-state index contributed by atoms with van der Waals surface area (Å²) in [5, 5.41) is 20.6. The van der Waals surface area contributed by atoms with Gasteiger partial charge in [0.1, 0.15) is 12.1 Å². The first kappa shape index (κ1) is 37.8. The van der Waals surface area contributed by atoms with E-state index >= 15 is 0 Å². The van der Waals surface area contributed by atoms with Crippen LogP contribution in [0.4, 0.5) is 0 Å². The lowest BCUT2D eigenvalue weighted by atomic mass is 9.49. The number of aromatic amines is 1. The molecule has 2 amide bonds. The molecule has 2 aromatic heterocycles. The molecule has 8 N–H and O–H groups in total. The second kappa shape index (κ2) is 16.3. The molecule has 4 saturated carbocycles. The number of aliphatic hydroxyl groups is 1. The fourth-order valence-electron chi connectivity index (χ4n) is 9.10. The van der Waals surface area contributed by atoms with E-state index in [1.54, 1.807) is 44.5 Å². The number of carbonyl (C=O) groups is 2. The number of nitrogens with zero attached hydrogens (tertiary/aromatic N) is 5. The summed E-state index contributed by atoms with van der Waals surface area (Å²) in [7, 11) is 3.56. The van der Waals surface area contributed by atoms with Crippen LogP contribution in [-0.4, -0.2) is 80.6 Å². The van der Waals surface area contributed by atoms with Gasteiger partial charge in [-0.2, -0.15) is 4.98 Å². The van der Waals surface area contributed by atoms with Gasteiger partial charge in [0, 0.05) is 37.7 Å². The number of aliphatic hydroxyl groups excluding tert-OH is 1. The van der Waals surface area contributed by atoms with Gasteiger partial charge < -0.3 is 36.7 Å². The molecule has 0 spiro atoms. The number of hydrogen-bond acceptors (Lipinski definition) is 9. The van der Waals surface area contributed by atoms with Crippen LogP contribution in [0.2, 0.25) is 0 Å². The van der Waals surface area contributed by atoms with Crippen LogP contribution in [0.15, 0.2) is 57.2 Å². The van der Waals surface area contributed by atoms with E-state index in [-0.39, 0.29) is 36.0 Å². The fraction of sp³-hybridized carbons (Fsp3) is 0.622. The van der Waals surface area contributed by atoms with E-state index in [0.717, 1.165) is 41.0 Å². The van der Waals surface area contributed by atoms with Crippen molar-refractivity contribution in [2.45, 2.75) is 103 Å². The summed E-state index contributed by atoms with van der Waals surface area (Å²) in [6.45, 7) is 9.61. The lowest BCUT2D eigenvalue weighted by Crippen LogP contribution is -2.53. The minimum absolute atomic E-state index is 0.0606. The summed E-state index contributed by atoms with van der Waals surface area (Å²) in [5.74, 6) is 2.64. The number of nitrogens with two attached hydrogens (primary N) is 2. The molecule has 2 aromatic rings. The first-order valence-corrected chi connectivity index (χ1v) is 18.1. The van der Waals surface area contributed by atoms with E-state index < -0.39 is 24.0 Å². The van der Waals surface area contributed by atoms with Gasteiger partial charge in [0.15, 0.2) is 11.8 Å². The van der Waals surface area contributed by atoms with Crippen LogP contribution in [-0.2, 0) is 22.4 Å². The molecule has 0 saturated heterocycles. The molecular weight excluding hydrogens is 648 g/mol. The predicted octanol–water partition coefficient (Wildman–Crippen LogP) is 3.77. The first-order valence-electron chi connectivity index (χ1n) is 18.1. The third-order valence-corrected chi connectivity index (χ3v) is 10.9. The van der Waals surface area contributed by atoms with Gasteiger partial charge in [-0.15, -0.1) is 0 Å². The third-order valence-electron chi connectivity index (χ3n) is 10.9. The maximum absolute atomic E-state index is 14.4. The van der Waals surface area contributed by atoms with E-state index in [1.807, 2.05) is 13.8 Å². The van der Waals surface area contributed by atoms with Crippen molar-refractivity contribution < 1.29 is 19.2 Å². The summed E-state index contributed by atoms with van der Waals surface area (Å²) >= 11 is 0. The second-order valence-electron chi connectivity index (χ2n) is 15.6. The third kappa shape index (κ3) is 9.87. The maximum atomic E-state index is 14.4. The lowest BCUT2D eigenvalue weighted by molar-refractivity contribution is -0.132. The molecule has 14 heteroatoms. The van der Waals surface area contributed by atoms with E-state index in [4.69, 9.17) is 21.0 Å². The van der Waals surface area contributed by atoms with Gasteiger partial charge in [-0.25, -0.2) is 4.98 Å². The van der Waals surface area contributed by atoms with E-state index in [0.29, 0.717) is 30.1 Å². The van der Waals surface area contributed by atoms with Crippen molar-refractivity contribution in [3.05, 3.63) is 65.1 Å². The van der Waals surface area contributed by atoms with Crippen molar-refractivity contribution in [3.63, 3.8) is 0 Å². The number of allylic oxidation sites excluding steroid dienone is 4. The predicted molar refractivity (Wildman–Crippen MR) is 195 cm³/mol. The van der Waals surface area contributed by atoms with Gasteiger partial charge in [-0.3, -0.25) is 19.5 Å². The fourth-order valence-corrected chi connectivity index (χ4v) is 9.10. The van der Waals surface area contributed by atoms with Crippen LogP contribution >= 0.6 is 0 Å². The van der Waals surface area contributed by atoms with Crippen molar-refractivity contribution in [3.8, 4) is 0 Å². The largest absolute Gasteiger partial charge is 0.513 e. The van der Waals surface area contributed by atoms with Gasteiger partial charge >= 0.3 is 0 Å². The van der Waals surface area contributed by atoms with E-state index in [9.17, 15) is 14.7 Å². The van der Waals surface area contributed by atoms with Gasteiger partial charge in [0.05, 0.1) is 18.1 Å². The number of rotatable bonds is 17. The molecule has 4 bridgehead atoms. The molecule has 4 aliphatic carbocycles. The second-order valence-corrected chi connectivity index (χ2v) is 15.6. The number of amides is 2. The number of guanidine groups is 1. The molecule has 14 nitrogen and oxygen atoms in total. The van der Waals surface area contributed by atoms with E-state index in [2.05, 4.69) is 37.3 Å². The Morgan fingerprint density at radius 2 is 1.80 bits per heavy atom. The molecule has 0 aromatic carbocycles. The number of nitrogens with one attached hydrogen (secondary N) is 3. The summed E-state index contributed by atoms with van der Waals surface area (Å²) in [4.78, 5) is 46.1. The van der Waals surface area contributed by atoms with Gasteiger partial charge in [-0.1, -0.05) is 17.3 Å². The molecule has 278 valence electrons. The Morgan fingerprint density at radius 3 is 2.35 bits per heavy atom. The highest BCUT2D eigenvalue weighted by Gasteiger charge is 2.51. The van der Waals surface area contributed by atoms with Gasteiger partial charge in [0.25, 0.3) is 0 Å². The molecule has 51 heavy (non-hydrogen) atoms. The van der Waals surface area contributed by atoms with Crippen LogP contribution in [0.1, 0.15) is 95.6 Å². The van der Waals surface area contributed by atoms with Crippen molar-refractivity contribution in [1.29, 1.82) is 0 Å². The molecule has 2 heterocycles. The number of carbonyl (C=O) groups excluding carboxylic acids is 2.